The van der Waals surface area contributed by atoms with Crippen molar-refractivity contribution in [2.45, 2.75) is 44.9 Å². The molecule has 0 unspecified atom stereocenters. The molecule has 3 rings (SSSR count). The third-order valence-electron chi connectivity index (χ3n) is 3.94. The lowest BCUT2D eigenvalue weighted by Crippen LogP contribution is -2.20. The molecular weight excluding hydrogens is 224 g/mol. The fourth-order valence-corrected chi connectivity index (χ4v) is 2.92. The average Bonchev–Trinajstić information content (AvgIpc) is 2.39. The molecule has 0 saturated heterocycles. The number of aromatic nitrogens is 2. The van der Waals surface area contributed by atoms with Crippen LogP contribution in [0.4, 0.5) is 0 Å². The normalized spacial score (nSPS) is 17.2. The molecule has 1 saturated carbocycles. The van der Waals surface area contributed by atoms with Crippen molar-refractivity contribution >= 4 is 11.0 Å². The van der Waals surface area contributed by atoms with Crippen molar-refractivity contribution in [2.75, 3.05) is 0 Å². The van der Waals surface area contributed by atoms with E-state index in [0.29, 0.717) is 5.92 Å². The first kappa shape index (κ1) is 11.5. The molecule has 18 heavy (non-hydrogen) atoms. The number of rotatable bonds is 1. The number of fused-ring (bicyclic) bond motifs is 1. The second-order valence-electron chi connectivity index (χ2n) is 5.26. The van der Waals surface area contributed by atoms with Crippen LogP contribution in [0.15, 0.2) is 23.0 Å². The Kier molecular flexibility index (Phi) is 2.90. The lowest BCUT2D eigenvalue weighted by Gasteiger charge is -2.20. The van der Waals surface area contributed by atoms with Gasteiger partial charge in [-0.3, -0.25) is 4.79 Å². The largest absolute Gasteiger partial charge is 0.319 e. The van der Waals surface area contributed by atoms with E-state index in [1.165, 1.54) is 19.3 Å². The van der Waals surface area contributed by atoms with Crippen molar-refractivity contribution in [1.29, 1.82) is 0 Å². The van der Waals surface area contributed by atoms with Gasteiger partial charge in [0.1, 0.15) is 5.69 Å². The van der Waals surface area contributed by atoms with Gasteiger partial charge in [-0.25, -0.2) is 4.98 Å². The minimum atomic E-state index is 0. The summed E-state index contributed by atoms with van der Waals surface area (Å²) >= 11 is 0. The van der Waals surface area contributed by atoms with Gasteiger partial charge in [0, 0.05) is 5.92 Å². The van der Waals surface area contributed by atoms with Gasteiger partial charge in [-0.05, 0) is 31.4 Å². The SMILES string of the molecule is Cc1cccc2[nH]c(=O)c(C3CCCCC3)nc12. The highest BCUT2D eigenvalue weighted by molar-refractivity contribution is 5.77. The molecule has 0 amide bonds. The number of aromatic amines is 1. The maximum Gasteiger partial charge on any atom is 0.270 e. The predicted molar refractivity (Wildman–Crippen MR) is 72.9 cm³/mol. The third-order valence-corrected chi connectivity index (χ3v) is 3.94. The number of hydrogen-bond donors (Lipinski definition) is 1. The number of nitrogens with zero attached hydrogens (tertiary/aromatic N) is 1. The van der Waals surface area contributed by atoms with Gasteiger partial charge >= 0.3 is 0 Å². The van der Waals surface area contributed by atoms with Crippen molar-refractivity contribution in [3.8, 4) is 0 Å². The minimum Gasteiger partial charge on any atom is -0.319 e. The number of benzene rings is 1. The first-order valence-corrected chi connectivity index (χ1v) is 6.75. The summed E-state index contributed by atoms with van der Waals surface area (Å²) in [7, 11) is 0. The van der Waals surface area contributed by atoms with E-state index in [9.17, 15) is 4.79 Å². The molecule has 1 aliphatic rings. The molecule has 1 aromatic heterocycles. The molecule has 1 heterocycles. The van der Waals surface area contributed by atoms with Crippen LogP contribution in [0.2, 0.25) is 0 Å². The summed E-state index contributed by atoms with van der Waals surface area (Å²) in [6.07, 6.45) is 5.94. The van der Waals surface area contributed by atoms with Gasteiger partial charge in [-0.1, -0.05) is 31.4 Å². The van der Waals surface area contributed by atoms with Gasteiger partial charge in [0.25, 0.3) is 5.56 Å². The maximum atomic E-state index is 12.1. The van der Waals surface area contributed by atoms with Crippen LogP contribution < -0.4 is 5.56 Å². The molecule has 0 radical (unpaired) electrons. The van der Waals surface area contributed by atoms with Crippen LogP contribution >= 0.6 is 0 Å². The zero-order valence-electron chi connectivity index (χ0n) is 10.7. The Bertz CT molecular complexity index is 624. The quantitative estimate of drug-likeness (QED) is 0.834. The summed E-state index contributed by atoms with van der Waals surface area (Å²) in [6.45, 7) is 2.04. The lowest BCUT2D eigenvalue weighted by atomic mass is 9.87. The van der Waals surface area contributed by atoms with Gasteiger partial charge in [0.05, 0.1) is 11.0 Å². The molecule has 1 fully saturated rings. The number of nitrogens with one attached hydrogen (secondary N) is 1. The molecule has 1 aromatic carbocycles. The highest BCUT2D eigenvalue weighted by Gasteiger charge is 2.20. The molecular formula is C15H18N2O. The van der Waals surface area contributed by atoms with Gasteiger partial charge in [-0.2, -0.15) is 0 Å². The topological polar surface area (TPSA) is 45.8 Å². The fraction of sp³-hybridized carbons (Fsp3) is 0.467. The van der Waals surface area contributed by atoms with Crippen molar-refractivity contribution in [2.24, 2.45) is 0 Å². The van der Waals surface area contributed by atoms with E-state index in [2.05, 4.69) is 9.97 Å². The van der Waals surface area contributed by atoms with E-state index >= 15 is 0 Å². The molecule has 1 N–H and O–H groups in total. The van der Waals surface area contributed by atoms with Crippen LogP contribution in [0.5, 0.6) is 0 Å². The van der Waals surface area contributed by atoms with E-state index in [0.717, 1.165) is 35.1 Å². The van der Waals surface area contributed by atoms with Gasteiger partial charge < -0.3 is 4.98 Å². The zero-order chi connectivity index (χ0) is 12.5. The molecule has 0 atom stereocenters. The third kappa shape index (κ3) is 1.94. The van der Waals surface area contributed by atoms with Crippen LogP contribution in [0.3, 0.4) is 0 Å². The molecule has 0 bridgehead atoms. The van der Waals surface area contributed by atoms with Crippen molar-refractivity contribution in [3.05, 3.63) is 39.8 Å². The van der Waals surface area contributed by atoms with Gasteiger partial charge in [0.2, 0.25) is 0 Å². The minimum absolute atomic E-state index is 0. The Balaban J connectivity index is 2.14. The second-order valence-corrected chi connectivity index (χ2v) is 5.26. The number of para-hydroxylation sites is 1. The molecule has 2 aromatic rings. The Morgan fingerprint density at radius 3 is 2.78 bits per heavy atom. The average molecular weight is 242 g/mol. The van der Waals surface area contributed by atoms with E-state index < -0.39 is 0 Å². The summed E-state index contributed by atoms with van der Waals surface area (Å²) in [6, 6.07) is 5.91. The van der Waals surface area contributed by atoms with E-state index in [1.54, 1.807) is 0 Å². The number of H-pyrrole nitrogens is 1. The standard InChI is InChI=1S/C15H18N2O/c1-10-6-5-9-12-13(10)17-14(15(18)16-12)11-7-3-2-4-8-11/h5-6,9,11H,2-4,7-8H2,1H3,(H,16,18). The lowest BCUT2D eigenvalue weighted by molar-refractivity contribution is 0.434. The summed E-state index contributed by atoms with van der Waals surface area (Å²) in [5.41, 5.74) is 3.66. The van der Waals surface area contributed by atoms with E-state index in [4.69, 9.17) is 0 Å². The molecule has 0 aliphatic heterocycles. The van der Waals surface area contributed by atoms with Gasteiger partial charge in [-0.15, -0.1) is 0 Å². The van der Waals surface area contributed by atoms with Crippen molar-refractivity contribution < 1.29 is 0 Å². The van der Waals surface area contributed by atoms with Crippen LogP contribution in [-0.2, 0) is 0 Å². The Labute approximate surface area is 106 Å². The van der Waals surface area contributed by atoms with E-state index in [1.807, 2.05) is 25.1 Å². The summed E-state index contributed by atoms with van der Waals surface area (Å²) in [5, 5.41) is 0. The molecule has 94 valence electrons. The van der Waals surface area contributed by atoms with Crippen molar-refractivity contribution in [3.63, 3.8) is 0 Å². The maximum absolute atomic E-state index is 12.1. The predicted octanol–water partition coefficient (Wildman–Crippen LogP) is 3.28. The smallest absolute Gasteiger partial charge is 0.270 e. The molecule has 3 nitrogen and oxygen atoms in total. The zero-order valence-corrected chi connectivity index (χ0v) is 10.7. The van der Waals surface area contributed by atoms with Gasteiger partial charge in [0.15, 0.2) is 0 Å². The number of hydrogen-bond acceptors (Lipinski definition) is 2. The fourth-order valence-electron chi connectivity index (χ4n) is 2.92. The van der Waals surface area contributed by atoms with Crippen molar-refractivity contribution in [1.82, 2.24) is 9.97 Å². The van der Waals surface area contributed by atoms with E-state index in [-0.39, 0.29) is 5.56 Å². The highest BCUT2D eigenvalue weighted by atomic mass is 16.1. The van der Waals surface area contributed by atoms with Crippen LogP contribution in [0.1, 0.15) is 49.3 Å². The first-order valence-electron chi connectivity index (χ1n) is 6.75. The van der Waals surface area contributed by atoms with Crippen LogP contribution in [0.25, 0.3) is 11.0 Å². The van der Waals surface area contributed by atoms with Crippen LogP contribution in [-0.4, -0.2) is 9.97 Å². The molecule has 1 aliphatic carbocycles. The first-order chi connectivity index (χ1) is 8.75. The summed E-state index contributed by atoms with van der Waals surface area (Å²) in [5.74, 6) is 0.353. The van der Waals surface area contributed by atoms with Crippen LogP contribution in [0, 0.1) is 6.92 Å². The number of aryl methyl sites for hydroxylation is 1. The molecule has 3 heteroatoms. The Hall–Kier alpha value is -1.64. The highest BCUT2D eigenvalue weighted by Crippen LogP contribution is 2.30. The molecule has 0 spiro atoms. The Morgan fingerprint density at radius 2 is 2.00 bits per heavy atom. The second kappa shape index (κ2) is 4.56. The summed E-state index contributed by atoms with van der Waals surface area (Å²) in [4.78, 5) is 19.8. The monoisotopic (exact) mass is 242 g/mol. The summed E-state index contributed by atoms with van der Waals surface area (Å²) < 4.78 is 0. The Morgan fingerprint density at radius 1 is 1.22 bits per heavy atom.